The summed E-state index contributed by atoms with van der Waals surface area (Å²) in [6, 6.07) is 4.18. The number of nitrogens with zero attached hydrogens (tertiary/aromatic N) is 2. The van der Waals surface area contributed by atoms with Crippen LogP contribution in [0.5, 0.6) is 0 Å². The van der Waals surface area contributed by atoms with Crippen LogP contribution in [0.1, 0.15) is 51.8 Å². The Morgan fingerprint density at radius 3 is 2.43 bits per heavy atom. The number of carbonyl (C=O) groups is 1. The van der Waals surface area contributed by atoms with Gasteiger partial charge in [-0.05, 0) is 38.1 Å². The first-order valence-corrected chi connectivity index (χ1v) is 9.92. The van der Waals surface area contributed by atoms with Crippen LogP contribution in [-0.4, -0.2) is 56.5 Å². The zero-order chi connectivity index (χ0) is 19.7. The van der Waals surface area contributed by atoms with Gasteiger partial charge in [-0.15, -0.1) is 24.0 Å². The van der Waals surface area contributed by atoms with Crippen molar-refractivity contribution in [1.29, 1.82) is 0 Å². The van der Waals surface area contributed by atoms with E-state index in [2.05, 4.69) is 25.8 Å². The normalized spacial score (nSPS) is 16.8. The Kier molecular flexibility index (Phi) is 10.9. The predicted molar refractivity (Wildman–Crippen MR) is 124 cm³/mol. The number of halogens is 1. The summed E-state index contributed by atoms with van der Waals surface area (Å²) < 4.78 is 5.68. The van der Waals surface area contributed by atoms with Crippen LogP contribution in [-0.2, 0) is 4.79 Å². The molecule has 0 aromatic carbocycles. The van der Waals surface area contributed by atoms with Gasteiger partial charge in [0.1, 0.15) is 5.76 Å². The van der Waals surface area contributed by atoms with Gasteiger partial charge in [0.25, 0.3) is 0 Å². The molecule has 160 valence electrons. The maximum atomic E-state index is 11.9. The molecule has 2 heterocycles. The lowest BCUT2D eigenvalue weighted by molar-refractivity contribution is -0.128. The van der Waals surface area contributed by atoms with Crippen molar-refractivity contribution in [1.82, 2.24) is 20.9 Å². The molecular weight excluding hydrogens is 469 g/mol. The highest BCUT2D eigenvalue weighted by molar-refractivity contribution is 14.0. The summed E-state index contributed by atoms with van der Waals surface area (Å²) >= 11 is 0. The number of piperidine rings is 1. The molecule has 28 heavy (non-hydrogen) atoms. The highest BCUT2D eigenvalue weighted by Gasteiger charge is 2.24. The van der Waals surface area contributed by atoms with Crippen LogP contribution >= 0.6 is 24.0 Å². The summed E-state index contributed by atoms with van der Waals surface area (Å²) in [6.45, 7) is 9.82. The van der Waals surface area contributed by atoms with Crippen LogP contribution in [0.4, 0.5) is 0 Å². The lowest BCUT2D eigenvalue weighted by atomic mass is 9.96. The minimum atomic E-state index is -0.370. The van der Waals surface area contributed by atoms with Crippen LogP contribution in [0.15, 0.2) is 27.8 Å². The standard InChI is InChI=1S/C20H35N5O2.HI/c1-20(2,3)18(26)22-10-11-23-19(21-4)24-15-16(17-9-8-14-27-17)25-12-6-5-7-13-25;/h8-9,14,16H,5-7,10-13,15H2,1-4H3,(H,22,26)(H2,21,23,24);1H. The van der Waals surface area contributed by atoms with E-state index in [0.717, 1.165) is 31.4 Å². The van der Waals surface area contributed by atoms with Crippen molar-refractivity contribution in [3.8, 4) is 0 Å². The second-order valence-electron chi connectivity index (χ2n) is 8.01. The van der Waals surface area contributed by atoms with Crippen LogP contribution in [0, 0.1) is 5.41 Å². The molecule has 8 heteroatoms. The van der Waals surface area contributed by atoms with Crippen molar-refractivity contribution >= 4 is 35.8 Å². The number of aliphatic imine (C=N–C) groups is 1. The van der Waals surface area contributed by atoms with E-state index >= 15 is 0 Å². The number of nitrogens with one attached hydrogen (secondary N) is 3. The molecule has 1 unspecified atom stereocenters. The van der Waals surface area contributed by atoms with E-state index in [1.165, 1.54) is 19.3 Å². The molecule has 0 aliphatic carbocycles. The zero-order valence-corrected chi connectivity index (χ0v) is 19.9. The summed E-state index contributed by atoms with van der Waals surface area (Å²) in [5, 5.41) is 9.59. The molecule has 1 aromatic heterocycles. The number of likely N-dealkylation sites (tertiary alicyclic amines) is 1. The minimum absolute atomic E-state index is 0. The van der Waals surface area contributed by atoms with Crippen LogP contribution in [0.25, 0.3) is 0 Å². The molecule has 0 radical (unpaired) electrons. The summed E-state index contributed by atoms with van der Waals surface area (Å²) in [7, 11) is 1.76. The molecule has 1 aliphatic rings. The monoisotopic (exact) mass is 505 g/mol. The first-order valence-electron chi connectivity index (χ1n) is 9.92. The number of rotatable bonds is 7. The molecule has 1 amide bonds. The van der Waals surface area contributed by atoms with Gasteiger partial charge in [0.2, 0.25) is 5.91 Å². The number of amides is 1. The number of furan rings is 1. The van der Waals surface area contributed by atoms with E-state index in [1.54, 1.807) is 13.3 Å². The molecule has 1 aromatic rings. The average molecular weight is 505 g/mol. The SMILES string of the molecule is CN=C(NCCNC(=O)C(C)(C)C)NCC(c1ccco1)N1CCCCC1.I. The maximum absolute atomic E-state index is 11.9. The maximum Gasteiger partial charge on any atom is 0.225 e. The third-order valence-electron chi connectivity index (χ3n) is 4.77. The third-order valence-corrected chi connectivity index (χ3v) is 4.77. The van der Waals surface area contributed by atoms with Crippen molar-refractivity contribution in [2.75, 3.05) is 39.8 Å². The highest BCUT2D eigenvalue weighted by Crippen LogP contribution is 2.24. The van der Waals surface area contributed by atoms with E-state index in [9.17, 15) is 4.79 Å². The Morgan fingerprint density at radius 2 is 1.86 bits per heavy atom. The van der Waals surface area contributed by atoms with Gasteiger partial charge < -0.3 is 20.4 Å². The van der Waals surface area contributed by atoms with E-state index in [-0.39, 0.29) is 41.3 Å². The van der Waals surface area contributed by atoms with Crippen molar-refractivity contribution in [3.05, 3.63) is 24.2 Å². The smallest absolute Gasteiger partial charge is 0.225 e. The lowest BCUT2D eigenvalue weighted by Crippen LogP contribution is -2.46. The number of hydrogen-bond donors (Lipinski definition) is 3. The first kappa shape index (κ1) is 24.7. The van der Waals surface area contributed by atoms with Crippen molar-refractivity contribution < 1.29 is 9.21 Å². The van der Waals surface area contributed by atoms with Gasteiger partial charge in [0.15, 0.2) is 5.96 Å². The highest BCUT2D eigenvalue weighted by atomic mass is 127. The fourth-order valence-electron chi connectivity index (χ4n) is 3.16. The van der Waals surface area contributed by atoms with Gasteiger partial charge in [-0.3, -0.25) is 14.7 Å². The van der Waals surface area contributed by atoms with Crippen LogP contribution in [0.3, 0.4) is 0 Å². The topological polar surface area (TPSA) is 81.9 Å². The predicted octanol–water partition coefficient (Wildman–Crippen LogP) is 2.75. The third kappa shape index (κ3) is 7.98. The Labute approximate surface area is 186 Å². The first-order chi connectivity index (χ1) is 12.9. The molecule has 2 rings (SSSR count). The Morgan fingerprint density at radius 1 is 1.18 bits per heavy atom. The summed E-state index contributed by atoms with van der Waals surface area (Å²) in [4.78, 5) is 18.7. The molecule has 7 nitrogen and oxygen atoms in total. The largest absolute Gasteiger partial charge is 0.468 e. The van der Waals surface area contributed by atoms with E-state index < -0.39 is 0 Å². The Bertz CT molecular complexity index is 592. The molecule has 0 bridgehead atoms. The van der Waals surface area contributed by atoms with Gasteiger partial charge in [0.05, 0.1) is 12.3 Å². The Hall–Kier alpha value is -1.29. The molecule has 1 saturated heterocycles. The molecule has 1 atom stereocenters. The quantitative estimate of drug-likeness (QED) is 0.230. The minimum Gasteiger partial charge on any atom is -0.468 e. The van der Waals surface area contributed by atoms with E-state index in [1.807, 2.05) is 32.9 Å². The molecule has 0 saturated carbocycles. The average Bonchev–Trinajstić information content (AvgIpc) is 3.18. The van der Waals surface area contributed by atoms with Gasteiger partial charge in [-0.25, -0.2) is 0 Å². The van der Waals surface area contributed by atoms with Gasteiger partial charge in [-0.1, -0.05) is 27.2 Å². The Balaban J connectivity index is 0.00000392. The molecule has 1 aliphatic heterocycles. The second-order valence-corrected chi connectivity index (χ2v) is 8.01. The van der Waals surface area contributed by atoms with E-state index in [4.69, 9.17) is 4.42 Å². The molecule has 1 fully saturated rings. The fraction of sp³-hybridized carbons (Fsp3) is 0.700. The van der Waals surface area contributed by atoms with Gasteiger partial charge >= 0.3 is 0 Å². The molecule has 3 N–H and O–H groups in total. The zero-order valence-electron chi connectivity index (χ0n) is 17.6. The number of hydrogen-bond acceptors (Lipinski definition) is 4. The van der Waals surface area contributed by atoms with Gasteiger partial charge in [0, 0.05) is 32.1 Å². The number of guanidine groups is 1. The van der Waals surface area contributed by atoms with Gasteiger partial charge in [-0.2, -0.15) is 0 Å². The van der Waals surface area contributed by atoms with E-state index in [0.29, 0.717) is 13.1 Å². The fourth-order valence-corrected chi connectivity index (χ4v) is 3.16. The second kappa shape index (κ2) is 12.3. The van der Waals surface area contributed by atoms with Crippen molar-refractivity contribution in [3.63, 3.8) is 0 Å². The summed E-state index contributed by atoms with van der Waals surface area (Å²) in [5.74, 6) is 1.76. The van der Waals surface area contributed by atoms with Crippen molar-refractivity contribution in [2.24, 2.45) is 10.4 Å². The summed E-state index contributed by atoms with van der Waals surface area (Å²) in [6.07, 6.45) is 5.50. The van der Waals surface area contributed by atoms with Crippen molar-refractivity contribution in [2.45, 2.75) is 46.1 Å². The number of carbonyl (C=O) groups excluding carboxylic acids is 1. The molecule has 0 spiro atoms. The lowest BCUT2D eigenvalue weighted by Gasteiger charge is -2.33. The van der Waals surface area contributed by atoms with Crippen LogP contribution in [0.2, 0.25) is 0 Å². The van der Waals surface area contributed by atoms with Crippen LogP contribution < -0.4 is 16.0 Å². The molecular formula is C20H36IN5O2. The summed E-state index contributed by atoms with van der Waals surface area (Å²) in [5.41, 5.74) is -0.370.